The van der Waals surface area contributed by atoms with Gasteiger partial charge in [-0.05, 0) is 57.0 Å². The smallest absolute Gasteiger partial charge is 0.266 e. The van der Waals surface area contributed by atoms with Gasteiger partial charge in [-0.15, -0.1) is 0 Å². The Balaban J connectivity index is 2.24. The van der Waals surface area contributed by atoms with Crippen LogP contribution in [-0.4, -0.2) is 17.6 Å². The number of likely N-dealkylation sites (N-methyl/N-ethyl adjacent to an activating group) is 1. The van der Waals surface area contributed by atoms with Gasteiger partial charge in [-0.25, -0.2) is 0 Å². The summed E-state index contributed by atoms with van der Waals surface area (Å²) in [5.41, 5.74) is 5.59. The molecule has 0 unspecified atom stereocenters. The first-order valence-electron chi connectivity index (χ1n) is 7.96. The second kappa shape index (κ2) is 5.38. The molecule has 1 N–H and O–H groups in total. The lowest BCUT2D eigenvalue weighted by Gasteiger charge is -2.40. The Labute approximate surface area is 142 Å². The monoisotopic (exact) mass is 319 g/mol. The molecule has 1 aromatic carbocycles. The number of hydrogen-bond acceptors (Lipinski definition) is 3. The number of allylic oxidation sites excluding steroid dienone is 1. The molecule has 0 saturated carbocycles. The molecule has 2 heterocycles. The van der Waals surface area contributed by atoms with Crippen LogP contribution in [0.4, 0.5) is 5.69 Å². The van der Waals surface area contributed by atoms with E-state index in [1.54, 1.807) is 0 Å². The minimum atomic E-state index is -0.337. The predicted octanol–water partition coefficient (Wildman–Crippen LogP) is 3.85. The fourth-order valence-electron chi connectivity index (χ4n) is 3.35. The molecule has 0 amide bonds. The molecular weight excluding hydrogens is 298 g/mol. The Kier molecular flexibility index (Phi) is 3.60. The third kappa shape index (κ3) is 2.43. The normalized spacial score (nSPS) is 15.5. The third-order valence-electron chi connectivity index (χ3n) is 4.81. The van der Waals surface area contributed by atoms with E-state index in [2.05, 4.69) is 55.9 Å². The fourth-order valence-corrected chi connectivity index (χ4v) is 3.35. The number of aromatic amines is 1. The number of H-pyrrole nitrogens is 1. The zero-order valence-electron chi connectivity index (χ0n) is 14.7. The van der Waals surface area contributed by atoms with Gasteiger partial charge < -0.3 is 9.88 Å². The quantitative estimate of drug-likeness (QED) is 0.868. The van der Waals surface area contributed by atoms with Crippen molar-refractivity contribution >= 4 is 11.3 Å². The van der Waals surface area contributed by atoms with Crippen LogP contribution in [0.25, 0.3) is 16.7 Å². The molecule has 0 spiro atoms. The second-order valence-electron chi connectivity index (χ2n) is 6.95. The Bertz CT molecular complexity index is 958. The molecule has 1 aliphatic rings. The molecule has 24 heavy (non-hydrogen) atoms. The van der Waals surface area contributed by atoms with Crippen molar-refractivity contribution in [1.29, 1.82) is 5.26 Å². The molecule has 3 rings (SSSR count). The van der Waals surface area contributed by atoms with Crippen molar-refractivity contribution in [2.45, 2.75) is 33.2 Å². The van der Waals surface area contributed by atoms with Crippen LogP contribution in [0, 0.1) is 18.3 Å². The summed E-state index contributed by atoms with van der Waals surface area (Å²) in [6, 6.07) is 10.0. The van der Waals surface area contributed by atoms with Gasteiger partial charge in [0, 0.05) is 29.6 Å². The molecule has 1 aliphatic heterocycles. The van der Waals surface area contributed by atoms with Gasteiger partial charge >= 0.3 is 0 Å². The first-order chi connectivity index (χ1) is 11.2. The fraction of sp³-hybridized carbons (Fsp3) is 0.300. The summed E-state index contributed by atoms with van der Waals surface area (Å²) in [5.74, 6) is 0. The Morgan fingerprint density at radius 3 is 2.54 bits per heavy atom. The molecule has 0 aliphatic carbocycles. The van der Waals surface area contributed by atoms with Gasteiger partial charge in [0.1, 0.15) is 11.6 Å². The molecule has 0 radical (unpaired) electrons. The van der Waals surface area contributed by atoms with Crippen LogP contribution in [-0.2, 0) is 0 Å². The van der Waals surface area contributed by atoms with E-state index in [-0.39, 0.29) is 16.7 Å². The number of anilines is 1. The Hall–Kier alpha value is -2.80. The zero-order valence-corrected chi connectivity index (χ0v) is 14.7. The highest BCUT2D eigenvalue weighted by atomic mass is 16.1. The average Bonchev–Trinajstić information content (AvgIpc) is 2.51. The van der Waals surface area contributed by atoms with Crippen LogP contribution >= 0.6 is 0 Å². The van der Waals surface area contributed by atoms with Crippen LogP contribution in [0.1, 0.15) is 37.6 Å². The number of benzene rings is 1. The van der Waals surface area contributed by atoms with Gasteiger partial charge in [-0.1, -0.05) is 12.1 Å². The number of nitrogens with zero attached hydrogens (tertiary/aromatic N) is 2. The second-order valence-corrected chi connectivity index (χ2v) is 6.95. The maximum Gasteiger partial charge on any atom is 0.266 e. The van der Waals surface area contributed by atoms with Crippen molar-refractivity contribution in [1.82, 2.24) is 4.98 Å². The molecular formula is C20H21N3O. The van der Waals surface area contributed by atoms with Gasteiger partial charge in [-0.2, -0.15) is 5.26 Å². The topological polar surface area (TPSA) is 59.9 Å². The van der Waals surface area contributed by atoms with E-state index in [0.29, 0.717) is 5.56 Å². The predicted molar refractivity (Wildman–Crippen MR) is 98.1 cm³/mol. The van der Waals surface area contributed by atoms with Crippen molar-refractivity contribution < 1.29 is 0 Å². The molecule has 122 valence electrons. The lowest BCUT2D eigenvalue weighted by Crippen LogP contribution is -2.42. The van der Waals surface area contributed by atoms with E-state index in [4.69, 9.17) is 0 Å². The molecule has 0 atom stereocenters. The summed E-state index contributed by atoms with van der Waals surface area (Å²) in [4.78, 5) is 17.0. The average molecular weight is 319 g/mol. The molecule has 2 aromatic rings. The van der Waals surface area contributed by atoms with Gasteiger partial charge in [0.25, 0.3) is 5.56 Å². The molecule has 4 heteroatoms. The van der Waals surface area contributed by atoms with Crippen LogP contribution in [0.5, 0.6) is 0 Å². The molecule has 4 nitrogen and oxygen atoms in total. The highest BCUT2D eigenvalue weighted by Crippen LogP contribution is 2.39. The molecule has 1 aromatic heterocycles. The van der Waals surface area contributed by atoms with Crippen molar-refractivity contribution in [3.05, 3.63) is 57.5 Å². The summed E-state index contributed by atoms with van der Waals surface area (Å²) in [6.07, 6.45) is 2.24. The lowest BCUT2D eigenvalue weighted by molar-refractivity contribution is 0.598. The number of hydrogen-bond donors (Lipinski definition) is 1. The number of aryl methyl sites for hydroxylation is 1. The van der Waals surface area contributed by atoms with Gasteiger partial charge in [-0.3, -0.25) is 4.79 Å². The number of nitrogens with one attached hydrogen (secondary N) is 1. The Morgan fingerprint density at radius 2 is 1.88 bits per heavy atom. The maximum atomic E-state index is 12.1. The summed E-state index contributed by atoms with van der Waals surface area (Å²) < 4.78 is 0. The van der Waals surface area contributed by atoms with Crippen LogP contribution < -0.4 is 10.5 Å². The molecule has 0 fully saturated rings. The van der Waals surface area contributed by atoms with E-state index in [1.165, 1.54) is 5.57 Å². The SMILES string of the molecule is CC1=CC(C)(C)N(C)c2ccc(-c3cc(C)[nH]c(=O)c3C#N)cc21. The standard InChI is InChI=1S/C20H21N3O/c1-12-10-20(3,4)23(5)18-7-6-14(9-15(12)18)16-8-13(2)22-19(24)17(16)11-21/h6-10H,1-5H3,(H,22,24). The van der Waals surface area contributed by atoms with Crippen molar-refractivity contribution in [3.8, 4) is 17.2 Å². The first-order valence-corrected chi connectivity index (χ1v) is 7.96. The van der Waals surface area contributed by atoms with Crippen LogP contribution in [0.2, 0.25) is 0 Å². The largest absolute Gasteiger partial charge is 0.366 e. The minimum Gasteiger partial charge on any atom is -0.366 e. The van der Waals surface area contributed by atoms with Crippen LogP contribution in [0.3, 0.4) is 0 Å². The highest BCUT2D eigenvalue weighted by molar-refractivity contribution is 5.85. The van der Waals surface area contributed by atoms with Crippen molar-refractivity contribution in [2.24, 2.45) is 0 Å². The molecule has 0 saturated heterocycles. The van der Waals surface area contributed by atoms with Crippen molar-refractivity contribution in [3.63, 3.8) is 0 Å². The van der Waals surface area contributed by atoms with Gasteiger partial charge in [0.2, 0.25) is 0 Å². The molecule has 0 bridgehead atoms. The van der Waals surface area contributed by atoms with E-state index in [0.717, 1.165) is 22.5 Å². The third-order valence-corrected chi connectivity index (χ3v) is 4.81. The van der Waals surface area contributed by atoms with E-state index >= 15 is 0 Å². The maximum absolute atomic E-state index is 12.1. The zero-order chi connectivity index (χ0) is 17.6. The number of fused-ring (bicyclic) bond motifs is 1. The highest BCUT2D eigenvalue weighted by Gasteiger charge is 2.28. The lowest BCUT2D eigenvalue weighted by atomic mass is 9.87. The van der Waals surface area contributed by atoms with E-state index < -0.39 is 0 Å². The van der Waals surface area contributed by atoms with Crippen molar-refractivity contribution in [2.75, 3.05) is 11.9 Å². The minimum absolute atomic E-state index is 0.0447. The van der Waals surface area contributed by atoms with Gasteiger partial charge in [0.15, 0.2) is 0 Å². The first kappa shape index (κ1) is 16.1. The summed E-state index contributed by atoms with van der Waals surface area (Å²) >= 11 is 0. The van der Waals surface area contributed by atoms with Gasteiger partial charge in [0.05, 0.1) is 5.54 Å². The number of aromatic nitrogens is 1. The number of pyridine rings is 1. The van der Waals surface area contributed by atoms with E-state index in [9.17, 15) is 10.1 Å². The summed E-state index contributed by atoms with van der Waals surface area (Å²) in [7, 11) is 2.08. The Morgan fingerprint density at radius 1 is 1.17 bits per heavy atom. The number of nitriles is 1. The summed E-state index contributed by atoms with van der Waals surface area (Å²) in [5, 5.41) is 9.36. The summed E-state index contributed by atoms with van der Waals surface area (Å²) in [6.45, 7) is 8.29. The number of rotatable bonds is 1. The van der Waals surface area contributed by atoms with Crippen LogP contribution in [0.15, 0.2) is 35.1 Å². The van der Waals surface area contributed by atoms with E-state index in [1.807, 2.05) is 25.1 Å².